The van der Waals surface area contributed by atoms with Gasteiger partial charge in [0.1, 0.15) is 0 Å². The van der Waals surface area contributed by atoms with Crippen molar-refractivity contribution in [3.05, 3.63) is 53.1 Å². The summed E-state index contributed by atoms with van der Waals surface area (Å²) in [5, 5.41) is 0. The first-order valence-corrected chi connectivity index (χ1v) is 6.79. The summed E-state index contributed by atoms with van der Waals surface area (Å²) in [7, 11) is 0. The summed E-state index contributed by atoms with van der Waals surface area (Å²) in [5.74, 6) is -0.256. The Morgan fingerprint density at radius 2 is 2.00 bits per heavy atom. The van der Waals surface area contributed by atoms with Crippen LogP contribution in [0.5, 0.6) is 0 Å². The maximum atomic E-state index is 11.4. The van der Waals surface area contributed by atoms with E-state index in [1.165, 1.54) is 11.1 Å². The number of allylic oxidation sites excluding steroid dienone is 2. The second kappa shape index (κ2) is 8.30. The fourth-order valence-electron chi connectivity index (χ4n) is 1.80. The van der Waals surface area contributed by atoms with Crippen LogP contribution in [0.15, 0.2) is 42.0 Å². The van der Waals surface area contributed by atoms with E-state index in [4.69, 9.17) is 4.74 Å². The zero-order valence-corrected chi connectivity index (χ0v) is 12.0. The van der Waals surface area contributed by atoms with Gasteiger partial charge >= 0.3 is 5.97 Å². The molecule has 0 aromatic heterocycles. The van der Waals surface area contributed by atoms with Crippen LogP contribution in [-0.4, -0.2) is 12.6 Å². The van der Waals surface area contributed by atoms with Crippen molar-refractivity contribution in [3.8, 4) is 0 Å². The molecule has 1 aromatic carbocycles. The third kappa shape index (κ3) is 5.12. The van der Waals surface area contributed by atoms with Crippen LogP contribution < -0.4 is 0 Å². The van der Waals surface area contributed by atoms with Crippen LogP contribution in [0.25, 0.3) is 6.08 Å². The van der Waals surface area contributed by atoms with Gasteiger partial charge in [-0.2, -0.15) is 0 Å². The van der Waals surface area contributed by atoms with E-state index in [2.05, 4.69) is 25.1 Å². The van der Waals surface area contributed by atoms with Gasteiger partial charge in [0.2, 0.25) is 0 Å². The van der Waals surface area contributed by atoms with Crippen LogP contribution in [0.4, 0.5) is 0 Å². The Balaban J connectivity index is 2.76. The van der Waals surface area contributed by atoms with E-state index in [1.54, 1.807) is 13.0 Å². The lowest BCUT2D eigenvalue weighted by Gasteiger charge is -2.03. The molecule has 0 saturated heterocycles. The first-order chi connectivity index (χ1) is 9.19. The molecule has 0 radical (unpaired) electrons. The summed E-state index contributed by atoms with van der Waals surface area (Å²) in [6.07, 6.45) is 7.93. The fraction of sp³-hybridized carbons (Fsp3) is 0.353. The van der Waals surface area contributed by atoms with Crippen molar-refractivity contribution in [1.29, 1.82) is 0 Å². The topological polar surface area (TPSA) is 26.3 Å². The highest BCUT2D eigenvalue weighted by Crippen LogP contribution is 2.13. The van der Waals surface area contributed by atoms with Gasteiger partial charge in [0, 0.05) is 5.57 Å². The van der Waals surface area contributed by atoms with Gasteiger partial charge in [-0.1, -0.05) is 55.8 Å². The smallest absolute Gasteiger partial charge is 0.333 e. The number of esters is 1. The lowest BCUT2D eigenvalue weighted by Crippen LogP contribution is -2.04. The van der Waals surface area contributed by atoms with Crippen molar-refractivity contribution in [2.45, 2.75) is 33.6 Å². The molecule has 0 amide bonds. The van der Waals surface area contributed by atoms with Crippen molar-refractivity contribution in [1.82, 2.24) is 0 Å². The molecule has 0 heterocycles. The van der Waals surface area contributed by atoms with E-state index >= 15 is 0 Å². The molecule has 0 N–H and O–H groups in total. The molecule has 0 saturated carbocycles. The van der Waals surface area contributed by atoms with E-state index in [0.29, 0.717) is 12.2 Å². The average Bonchev–Trinajstić information content (AvgIpc) is 2.41. The number of carbonyl (C=O) groups is 1. The lowest BCUT2D eigenvalue weighted by molar-refractivity contribution is -0.138. The highest BCUT2D eigenvalue weighted by molar-refractivity contribution is 5.88. The predicted octanol–water partition coefficient (Wildman–Crippen LogP) is 4.16. The molecule has 102 valence electrons. The van der Waals surface area contributed by atoms with E-state index in [-0.39, 0.29) is 5.97 Å². The molecule has 0 aliphatic heterocycles. The predicted molar refractivity (Wildman–Crippen MR) is 79.9 cm³/mol. The Morgan fingerprint density at radius 3 is 2.68 bits per heavy atom. The van der Waals surface area contributed by atoms with Gasteiger partial charge in [0.15, 0.2) is 0 Å². The van der Waals surface area contributed by atoms with Crippen molar-refractivity contribution < 1.29 is 9.53 Å². The first-order valence-electron chi connectivity index (χ1n) is 6.79. The summed E-state index contributed by atoms with van der Waals surface area (Å²) in [5.41, 5.74) is 3.16. The number of aryl methyl sites for hydroxylation is 1. The standard InChI is InChI=1S/C17H22O2/c1-4-9-15-11-6-7-12-16(15)13-8-10-14(3)17(18)19-5-2/h6-8,10-13H,4-5,9H2,1-3H3/b13-8+,14-10+. The minimum absolute atomic E-state index is 0.256. The Bertz CT molecular complexity index is 470. The average molecular weight is 258 g/mol. The Hall–Kier alpha value is -1.83. The molecule has 0 aliphatic rings. The molecule has 2 heteroatoms. The normalized spacial score (nSPS) is 11.8. The SMILES string of the molecule is CCCc1ccccc1/C=C/C=C(\C)C(=O)OCC. The molecule has 0 aliphatic carbocycles. The van der Waals surface area contributed by atoms with Gasteiger partial charge in [-0.05, 0) is 31.4 Å². The van der Waals surface area contributed by atoms with Gasteiger partial charge in [-0.25, -0.2) is 4.79 Å². The molecule has 2 nitrogen and oxygen atoms in total. The summed E-state index contributed by atoms with van der Waals surface area (Å²) in [6, 6.07) is 8.32. The molecule has 0 spiro atoms. The number of benzene rings is 1. The van der Waals surface area contributed by atoms with Gasteiger partial charge in [0.25, 0.3) is 0 Å². The number of carbonyl (C=O) groups excluding carboxylic acids is 1. The number of hydrogen-bond donors (Lipinski definition) is 0. The summed E-state index contributed by atoms with van der Waals surface area (Å²) >= 11 is 0. The van der Waals surface area contributed by atoms with Gasteiger partial charge in [-0.15, -0.1) is 0 Å². The van der Waals surface area contributed by atoms with E-state index in [0.717, 1.165) is 12.8 Å². The molecule has 0 fully saturated rings. The summed E-state index contributed by atoms with van der Waals surface area (Å²) < 4.78 is 4.93. The van der Waals surface area contributed by atoms with Crippen molar-refractivity contribution >= 4 is 12.0 Å². The van der Waals surface area contributed by atoms with Crippen LogP contribution in [-0.2, 0) is 16.0 Å². The monoisotopic (exact) mass is 258 g/mol. The molecule has 0 bridgehead atoms. The van der Waals surface area contributed by atoms with Crippen LogP contribution in [0.2, 0.25) is 0 Å². The molecule has 1 aromatic rings. The maximum Gasteiger partial charge on any atom is 0.333 e. The second-order valence-electron chi connectivity index (χ2n) is 4.38. The van der Waals surface area contributed by atoms with Crippen LogP contribution in [0, 0.1) is 0 Å². The van der Waals surface area contributed by atoms with Crippen molar-refractivity contribution in [3.63, 3.8) is 0 Å². The fourth-order valence-corrected chi connectivity index (χ4v) is 1.80. The number of hydrogen-bond acceptors (Lipinski definition) is 2. The molecule has 0 atom stereocenters. The third-order valence-electron chi connectivity index (χ3n) is 2.79. The largest absolute Gasteiger partial charge is 0.463 e. The lowest BCUT2D eigenvalue weighted by atomic mass is 10.0. The maximum absolute atomic E-state index is 11.4. The van der Waals surface area contributed by atoms with Crippen LogP contribution in [0.1, 0.15) is 38.3 Å². The van der Waals surface area contributed by atoms with Crippen molar-refractivity contribution in [2.24, 2.45) is 0 Å². The molecule has 1 rings (SSSR count). The molecular formula is C17H22O2. The molecule has 0 unspecified atom stereocenters. The van der Waals surface area contributed by atoms with Gasteiger partial charge in [0.05, 0.1) is 6.61 Å². The molecule has 19 heavy (non-hydrogen) atoms. The van der Waals surface area contributed by atoms with Gasteiger partial charge < -0.3 is 4.74 Å². The zero-order valence-electron chi connectivity index (χ0n) is 12.0. The zero-order chi connectivity index (χ0) is 14.1. The second-order valence-corrected chi connectivity index (χ2v) is 4.38. The highest BCUT2D eigenvalue weighted by atomic mass is 16.5. The van der Waals surface area contributed by atoms with Gasteiger partial charge in [-0.3, -0.25) is 0 Å². The quantitative estimate of drug-likeness (QED) is 0.435. The van der Waals surface area contributed by atoms with Crippen molar-refractivity contribution in [2.75, 3.05) is 6.61 Å². The summed E-state index contributed by atoms with van der Waals surface area (Å²) in [4.78, 5) is 11.4. The van der Waals surface area contributed by atoms with E-state index in [9.17, 15) is 4.79 Å². The van der Waals surface area contributed by atoms with E-state index in [1.807, 2.05) is 25.1 Å². The highest BCUT2D eigenvalue weighted by Gasteiger charge is 2.02. The Labute approximate surface area is 115 Å². The number of ether oxygens (including phenoxy) is 1. The Morgan fingerprint density at radius 1 is 1.26 bits per heavy atom. The Kier molecular flexibility index (Phi) is 6.65. The third-order valence-corrected chi connectivity index (χ3v) is 2.79. The first kappa shape index (κ1) is 15.2. The van der Waals surface area contributed by atoms with E-state index < -0.39 is 0 Å². The van der Waals surface area contributed by atoms with Crippen LogP contribution >= 0.6 is 0 Å². The molecular weight excluding hydrogens is 236 g/mol. The van der Waals surface area contributed by atoms with Crippen LogP contribution in [0.3, 0.4) is 0 Å². The minimum atomic E-state index is -0.256. The summed E-state index contributed by atoms with van der Waals surface area (Å²) in [6.45, 7) is 6.15. The number of rotatable bonds is 6. The minimum Gasteiger partial charge on any atom is -0.463 e.